The maximum atomic E-state index is 12.6. The molecule has 20 aromatic carbocycles. The second-order valence-corrected chi connectivity index (χ2v) is 50.5. The minimum atomic E-state index is -2.71. The van der Waals surface area contributed by atoms with Crippen LogP contribution < -0.4 is 83.7 Å². The number of fused-ring (bicyclic) bond motifs is 12. The molecule has 0 saturated carbocycles. The van der Waals surface area contributed by atoms with Gasteiger partial charge in [-0.15, -0.1) is 0 Å². The Bertz CT molecular complexity index is 7380. The Balaban J connectivity index is 0.506. The van der Waals surface area contributed by atoms with Crippen molar-refractivity contribution in [1.29, 1.82) is 0 Å². The van der Waals surface area contributed by atoms with E-state index in [1.54, 1.807) is 0 Å². The van der Waals surface area contributed by atoms with E-state index < -0.39 is 41.2 Å². The SMILES string of the molecule is CC1(C)c2cccc(P(c3ccccc3)c3ccccc3)c2Oc2c1cccc2[P+](c1ccccc1)(c1ccccc1)c1ccc(CCc2ccc(-c3cc4c(O)c(c3)Cc3cccc(c3O)Cc3cc(-c5ccc(CCc6ccc([P+](c7ccccc7)(c7ccccc7)c7cccc8c7Oc7c(P(c9ccccc9)c9ccccc9)cccc7C8(C)C)cc6)cc5)cc(c3O)Cc3cccc(c3O)C4)cc2)cc1. The lowest BCUT2D eigenvalue weighted by molar-refractivity contribution is 0.424. The number of para-hydroxylation sites is 6. The number of ether oxygens (including phenoxy) is 2. The van der Waals surface area contributed by atoms with Crippen molar-refractivity contribution in [1.82, 2.24) is 0 Å². The largest absolute Gasteiger partial charge is 0.507 e. The molecule has 23 rings (SSSR count). The number of benzene rings is 20. The zero-order valence-corrected chi connectivity index (χ0v) is 84.7. The van der Waals surface area contributed by atoms with Crippen LogP contribution >= 0.6 is 30.4 Å². The molecule has 0 unspecified atom stereocenters. The Morgan fingerprint density at radius 3 is 0.708 bits per heavy atom. The molecule has 10 heteroatoms. The van der Waals surface area contributed by atoms with E-state index in [1.165, 1.54) is 119 Å². The second-order valence-electron chi connectivity index (χ2n) is 39.3. The van der Waals surface area contributed by atoms with E-state index in [1.807, 2.05) is 60.7 Å². The van der Waals surface area contributed by atoms with Gasteiger partial charge in [-0.3, -0.25) is 0 Å². The van der Waals surface area contributed by atoms with Crippen molar-refractivity contribution in [3.8, 4) is 68.2 Å². The molecule has 4 N–H and O–H groups in total. The van der Waals surface area contributed by atoms with Crippen LogP contribution in [-0.4, -0.2) is 20.4 Å². The molecule has 8 bridgehead atoms. The molecule has 6 nitrogen and oxygen atoms in total. The van der Waals surface area contributed by atoms with E-state index in [9.17, 15) is 20.4 Å². The highest BCUT2D eigenvalue weighted by Gasteiger charge is 2.55. The molecule has 0 fully saturated rings. The molecule has 144 heavy (non-hydrogen) atoms. The van der Waals surface area contributed by atoms with Gasteiger partial charge < -0.3 is 29.9 Å². The number of rotatable bonds is 22. The van der Waals surface area contributed by atoms with Crippen LogP contribution in [0.25, 0.3) is 22.3 Å². The molecular formula is C134H110O6P4+2. The molecule has 1 aliphatic carbocycles. The Morgan fingerprint density at radius 2 is 0.438 bits per heavy atom. The quantitative estimate of drug-likeness (QED) is 0.0505. The molecule has 0 amide bonds. The predicted octanol–water partition coefficient (Wildman–Crippen LogP) is 25.7. The Hall–Kier alpha value is -15.1. The van der Waals surface area contributed by atoms with Gasteiger partial charge in [0.1, 0.15) is 80.8 Å². The van der Waals surface area contributed by atoms with Gasteiger partial charge in [0, 0.05) is 69.4 Å². The Morgan fingerprint density at radius 1 is 0.215 bits per heavy atom. The molecule has 2 heterocycles. The molecule has 0 radical (unpaired) electrons. The topological polar surface area (TPSA) is 99.4 Å². The van der Waals surface area contributed by atoms with E-state index in [0.717, 1.165) is 70.9 Å². The van der Waals surface area contributed by atoms with E-state index >= 15 is 0 Å². The molecule has 0 aromatic heterocycles. The van der Waals surface area contributed by atoms with Crippen LogP contribution in [0.5, 0.6) is 46.0 Å². The summed E-state index contributed by atoms with van der Waals surface area (Å²) in [7, 11) is -7.42. The molecule has 0 spiro atoms. The molecule has 3 aliphatic rings. The number of hydrogen-bond acceptors (Lipinski definition) is 6. The fraction of sp³-hybridized carbons (Fsp3) is 0.104. The molecule has 700 valence electrons. The third-order valence-corrected chi connectivity index (χ3v) is 43.5. The maximum Gasteiger partial charge on any atom is 0.174 e. The molecule has 0 atom stereocenters. The third-order valence-electron chi connectivity index (χ3n) is 30.0. The number of aryl methyl sites for hydroxylation is 4. The van der Waals surface area contributed by atoms with Gasteiger partial charge in [-0.1, -0.05) is 392 Å². The van der Waals surface area contributed by atoms with Crippen molar-refractivity contribution in [2.24, 2.45) is 0 Å². The highest BCUT2D eigenvalue weighted by Crippen LogP contribution is 2.63. The van der Waals surface area contributed by atoms with Gasteiger partial charge in [-0.25, -0.2) is 0 Å². The number of hydrogen-bond donors (Lipinski definition) is 4. The standard InChI is InChI=1S/C134H108O6P4/c1-133(2)117-55-31-59-121(141(107-39-13-5-14-40-107)108-41-15-6-16-42-108)129(117)139-131-119(133)57-33-61-123(131)143(111-47-21-9-22-48-111,112-49-23-10-24-50-112)115-79-71-93(72-80-115)65-63-91-67-75-95(76-68-91)101-87-103-83-97-35-29-37-99(125(97)135)85-105-89-102(90-106(128(105)138)86-100-38-30-36-98(126(100)136)84-104(88-101)127(103)137)96-77-69-92(70-78-96)64-66-94-73-81-116(82-74-94)144(113-51-25-11-26-52-113,114-53-27-12-28-54-114)124-62-34-58-120-132(124)140-130-118(134(120,3)4)56-32-60-122(130)142(109-43-17-7-18-44-109)110-45-19-8-20-46-110/h5-62,67-82,87-90H,63-66,83-86H2,1-4H3,(H2-2,135,136,137,138)/p+2. The lowest BCUT2D eigenvalue weighted by Gasteiger charge is -2.38. The summed E-state index contributed by atoms with van der Waals surface area (Å²) in [6, 6.07) is 172. The first-order valence-electron chi connectivity index (χ1n) is 49.9. The van der Waals surface area contributed by atoms with Crippen molar-refractivity contribution in [2.75, 3.05) is 0 Å². The first-order valence-corrected chi connectivity index (χ1v) is 56.2. The fourth-order valence-electron chi connectivity index (χ4n) is 22.5. The van der Waals surface area contributed by atoms with Crippen molar-refractivity contribution >= 4 is 105 Å². The first kappa shape index (κ1) is 92.6. The average Bonchev–Trinajstić information content (AvgIpc) is 0.705. The van der Waals surface area contributed by atoms with Crippen LogP contribution in [0.2, 0.25) is 0 Å². The van der Waals surface area contributed by atoms with Gasteiger partial charge >= 0.3 is 0 Å². The maximum absolute atomic E-state index is 12.6. The number of phenolic OH excluding ortho intramolecular Hbond substituents is 4. The first-order chi connectivity index (χ1) is 70.5. The number of phenols is 4. The fourth-order valence-corrected chi connectivity index (χ4v) is 36.0. The van der Waals surface area contributed by atoms with Crippen LogP contribution in [0.3, 0.4) is 0 Å². The summed E-state index contributed by atoms with van der Waals surface area (Å²) in [6.07, 6.45) is 4.16. The van der Waals surface area contributed by atoms with Gasteiger partial charge in [0.25, 0.3) is 0 Å². The van der Waals surface area contributed by atoms with Crippen molar-refractivity contribution in [3.05, 3.63) is 562 Å². The summed E-state index contributed by atoms with van der Waals surface area (Å²) in [4.78, 5) is 0. The summed E-state index contributed by atoms with van der Waals surface area (Å²) in [5.74, 6) is 4.22. The van der Waals surface area contributed by atoms with Gasteiger partial charge in [-0.2, -0.15) is 0 Å². The molecular weight excluding hydrogens is 1830 g/mol. The number of aromatic hydroxyl groups is 4. The smallest absolute Gasteiger partial charge is 0.174 e. The average molecular weight is 1940 g/mol. The molecule has 20 aromatic rings. The van der Waals surface area contributed by atoms with E-state index in [-0.39, 0.29) is 48.7 Å². The minimum Gasteiger partial charge on any atom is -0.507 e. The zero-order valence-electron chi connectivity index (χ0n) is 81.1. The van der Waals surface area contributed by atoms with E-state index in [0.29, 0.717) is 44.5 Å². The summed E-state index contributed by atoms with van der Waals surface area (Å²) in [5, 5.41) is 67.6. The highest BCUT2D eigenvalue weighted by molar-refractivity contribution is 8.02. The summed E-state index contributed by atoms with van der Waals surface area (Å²) < 4.78 is 15.6. The second kappa shape index (κ2) is 39.3. The van der Waals surface area contributed by atoms with Crippen molar-refractivity contribution in [2.45, 2.75) is 89.9 Å². The molecule has 0 saturated heterocycles. The predicted molar refractivity (Wildman–Crippen MR) is 606 cm³/mol. The lowest BCUT2D eigenvalue weighted by atomic mass is 9.76. The third kappa shape index (κ3) is 17.1. The van der Waals surface area contributed by atoms with Crippen LogP contribution in [0, 0.1) is 0 Å². The zero-order chi connectivity index (χ0) is 97.6. The van der Waals surface area contributed by atoms with Gasteiger partial charge in [0.15, 0.2) is 22.1 Å². The minimum absolute atomic E-state index is 0.114. The summed E-state index contributed by atoms with van der Waals surface area (Å²) in [5.41, 5.74) is 17.7. The van der Waals surface area contributed by atoms with Crippen molar-refractivity contribution in [3.63, 3.8) is 0 Å². The van der Waals surface area contributed by atoms with Crippen LogP contribution in [-0.2, 0) is 62.2 Å². The van der Waals surface area contributed by atoms with E-state index in [2.05, 4.69) is 440 Å². The van der Waals surface area contributed by atoms with Crippen LogP contribution in [0.15, 0.2) is 473 Å². The Kier molecular flexibility index (Phi) is 25.3. The van der Waals surface area contributed by atoms with E-state index in [4.69, 9.17) is 9.47 Å². The highest BCUT2D eigenvalue weighted by atomic mass is 31.2. The van der Waals surface area contributed by atoms with Gasteiger partial charge in [-0.05, 0) is 261 Å². The molecule has 2 aliphatic heterocycles. The lowest BCUT2D eigenvalue weighted by Crippen LogP contribution is -2.41. The van der Waals surface area contributed by atoms with Crippen molar-refractivity contribution < 1.29 is 29.9 Å². The summed E-state index contributed by atoms with van der Waals surface area (Å²) in [6.45, 7) is 9.47. The van der Waals surface area contributed by atoms with Crippen LogP contribution in [0.4, 0.5) is 0 Å². The van der Waals surface area contributed by atoms with Gasteiger partial charge in [0.2, 0.25) is 0 Å². The normalized spacial score (nSPS) is 13.3. The van der Waals surface area contributed by atoms with Crippen LogP contribution in [0.1, 0.15) is 117 Å². The Labute approximate surface area is 848 Å². The monoisotopic (exact) mass is 1940 g/mol. The van der Waals surface area contributed by atoms with Gasteiger partial charge in [0.05, 0.1) is 0 Å². The summed E-state index contributed by atoms with van der Waals surface area (Å²) >= 11 is 0.